The van der Waals surface area contributed by atoms with E-state index in [1.54, 1.807) is 11.8 Å². The highest BCUT2D eigenvalue weighted by Gasteiger charge is 2.37. The average Bonchev–Trinajstić information content (AvgIpc) is 3.03. The Hall–Kier alpha value is -0.710. The Bertz CT molecular complexity index is 304. The summed E-state index contributed by atoms with van der Waals surface area (Å²) < 4.78 is 5.14. The van der Waals surface area contributed by atoms with Crippen LogP contribution in [0.15, 0.2) is 0 Å². The Labute approximate surface area is 106 Å². The second kappa shape index (κ2) is 5.76. The third kappa shape index (κ3) is 3.63. The first-order valence-electron chi connectivity index (χ1n) is 6.14. The van der Waals surface area contributed by atoms with E-state index in [0.717, 1.165) is 12.3 Å². The van der Waals surface area contributed by atoms with Gasteiger partial charge in [-0.3, -0.25) is 9.59 Å². The molecule has 0 aromatic carbocycles. The minimum absolute atomic E-state index is 0.115. The lowest BCUT2D eigenvalue weighted by molar-refractivity contribution is -0.147. The Kier molecular flexibility index (Phi) is 4.31. The van der Waals surface area contributed by atoms with Gasteiger partial charge in [-0.2, -0.15) is 11.8 Å². The van der Waals surface area contributed by atoms with E-state index < -0.39 is 0 Å². The topological polar surface area (TPSA) is 46.6 Å². The summed E-state index contributed by atoms with van der Waals surface area (Å²) in [6.45, 7) is 1.86. The Morgan fingerprint density at radius 2 is 2.29 bits per heavy atom. The Balaban J connectivity index is 1.74. The molecule has 1 atom stereocenters. The van der Waals surface area contributed by atoms with Crippen LogP contribution in [0.4, 0.5) is 0 Å². The first-order valence-corrected chi connectivity index (χ1v) is 7.53. The monoisotopic (exact) mass is 257 g/mol. The van der Waals surface area contributed by atoms with E-state index >= 15 is 0 Å². The van der Waals surface area contributed by atoms with Crippen LogP contribution in [0.25, 0.3) is 0 Å². The molecule has 96 valence electrons. The lowest BCUT2D eigenvalue weighted by atomic mass is 10.1. The molecule has 0 aromatic heterocycles. The van der Waals surface area contributed by atoms with E-state index in [0.29, 0.717) is 25.5 Å². The van der Waals surface area contributed by atoms with Gasteiger partial charge in [0.15, 0.2) is 0 Å². The number of carbonyl (C=O) groups excluding carboxylic acids is 2. The van der Waals surface area contributed by atoms with Gasteiger partial charge in [0.25, 0.3) is 0 Å². The zero-order valence-corrected chi connectivity index (χ0v) is 11.0. The van der Waals surface area contributed by atoms with Crippen LogP contribution in [0.3, 0.4) is 0 Å². The molecule has 1 unspecified atom stereocenters. The van der Waals surface area contributed by atoms with E-state index in [1.807, 2.05) is 11.2 Å². The quantitative estimate of drug-likeness (QED) is 0.529. The van der Waals surface area contributed by atoms with Gasteiger partial charge < -0.3 is 9.64 Å². The first kappa shape index (κ1) is 12.7. The van der Waals surface area contributed by atoms with Crippen LogP contribution in [-0.2, 0) is 14.3 Å². The van der Waals surface area contributed by atoms with E-state index in [-0.39, 0.29) is 17.8 Å². The predicted molar refractivity (Wildman–Crippen MR) is 66.8 cm³/mol. The number of hydrogen-bond acceptors (Lipinski definition) is 4. The third-order valence-electron chi connectivity index (χ3n) is 3.26. The molecule has 1 aliphatic carbocycles. The van der Waals surface area contributed by atoms with Crippen LogP contribution >= 0.6 is 11.8 Å². The molecule has 2 rings (SSSR count). The lowest BCUT2D eigenvalue weighted by Gasteiger charge is -2.15. The maximum Gasteiger partial charge on any atom is 0.311 e. The highest BCUT2D eigenvalue weighted by atomic mass is 32.2. The van der Waals surface area contributed by atoms with Crippen molar-refractivity contribution in [3.05, 3.63) is 0 Å². The number of carbonyl (C=O) groups is 2. The van der Waals surface area contributed by atoms with Crippen molar-refractivity contribution in [1.29, 1.82) is 0 Å². The standard InChI is InChI=1S/C12H19NO3S/c1-17-5-4-16-12(15)10-6-11(14)13(8-10)7-9-2-3-9/h9-10H,2-8H2,1H3. The van der Waals surface area contributed by atoms with E-state index in [9.17, 15) is 9.59 Å². The van der Waals surface area contributed by atoms with Crippen LogP contribution in [0.2, 0.25) is 0 Å². The van der Waals surface area contributed by atoms with Crippen molar-refractivity contribution in [1.82, 2.24) is 4.90 Å². The van der Waals surface area contributed by atoms with Gasteiger partial charge in [0.05, 0.1) is 5.92 Å². The predicted octanol–water partition coefficient (Wildman–Crippen LogP) is 1.15. The number of likely N-dealkylation sites (tertiary alicyclic amines) is 1. The molecule has 0 N–H and O–H groups in total. The van der Waals surface area contributed by atoms with Crippen LogP contribution in [0.5, 0.6) is 0 Å². The van der Waals surface area contributed by atoms with Crippen molar-refractivity contribution >= 4 is 23.6 Å². The number of thioether (sulfide) groups is 1. The van der Waals surface area contributed by atoms with Gasteiger partial charge in [0.1, 0.15) is 6.61 Å². The second-order valence-corrected chi connectivity index (χ2v) is 5.79. The molecule has 17 heavy (non-hydrogen) atoms. The van der Waals surface area contributed by atoms with Gasteiger partial charge in [-0.1, -0.05) is 0 Å². The molecule has 1 heterocycles. The van der Waals surface area contributed by atoms with Crippen molar-refractivity contribution < 1.29 is 14.3 Å². The highest BCUT2D eigenvalue weighted by molar-refractivity contribution is 7.98. The molecule has 1 saturated heterocycles. The fourth-order valence-electron chi connectivity index (χ4n) is 2.06. The summed E-state index contributed by atoms with van der Waals surface area (Å²) in [7, 11) is 0. The van der Waals surface area contributed by atoms with Gasteiger partial charge >= 0.3 is 5.97 Å². The van der Waals surface area contributed by atoms with Gasteiger partial charge in [-0.15, -0.1) is 0 Å². The summed E-state index contributed by atoms with van der Waals surface area (Å²) in [6, 6.07) is 0. The van der Waals surface area contributed by atoms with Crippen molar-refractivity contribution in [3.63, 3.8) is 0 Å². The van der Waals surface area contributed by atoms with Gasteiger partial charge in [0, 0.05) is 25.3 Å². The fourth-order valence-corrected chi connectivity index (χ4v) is 2.31. The molecule has 2 fully saturated rings. The molecular weight excluding hydrogens is 238 g/mol. The molecule has 2 aliphatic rings. The van der Waals surface area contributed by atoms with Crippen LogP contribution < -0.4 is 0 Å². The summed E-state index contributed by atoms with van der Waals surface area (Å²) in [5.74, 6) is 1.18. The van der Waals surface area contributed by atoms with Crippen LogP contribution in [0, 0.1) is 11.8 Å². The van der Waals surface area contributed by atoms with Crippen molar-refractivity contribution in [2.45, 2.75) is 19.3 Å². The molecule has 0 aromatic rings. The molecule has 5 heteroatoms. The second-order valence-electron chi connectivity index (χ2n) is 4.80. The Morgan fingerprint density at radius 1 is 1.53 bits per heavy atom. The maximum absolute atomic E-state index is 11.7. The molecule has 1 saturated carbocycles. The van der Waals surface area contributed by atoms with Crippen molar-refractivity contribution in [2.24, 2.45) is 11.8 Å². The molecule has 0 radical (unpaired) electrons. The normalized spacial score (nSPS) is 24.2. The van der Waals surface area contributed by atoms with E-state index in [1.165, 1.54) is 12.8 Å². The number of amides is 1. The third-order valence-corrected chi connectivity index (χ3v) is 3.83. The maximum atomic E-state index is 11.7. The summed E-state index contributed by atoms with van der Waals surface area (Å²) in [5, 5.41) is 0. The molecular formula is C12H19NO3S. The van der Waals surface area contributed by atoms with Gasteiger partial charge in [0.2, 0.25) is 5.91 Å². The molecule has 0 spiro atoms. The minimum Gasteiger partial charge on any atom is -0.465 e. The first-order chi connectivity index (χ1) is 8.20. The summed E-state index contributed by atoms with van der Waals surface area (Å²) in [5.41, 5.74) is 0. The summed E-state index contributed by atoms with van der Waals surface area (Å²) in [4.78, 5) is 25.2. The largest absolute Gasteiger partial charge is 0.465 e. The number of hydrogen-bond donors (Lipinski definition) is 0. The highest BCUT2D eigenvalue weighted by Crippen LogP contribution is 2.32. The van der Waals surface area contributed by atoms with Crippen molar-refractivity contribution in [3.8, 4) is 0 Å². The van der Waals surface area contributed by atoms with E-state index in [4.69, 9.17) is 4.74 Å². The number of ether oxygens (including phenoxy) is 1. The zero-order chi connectivity index (χ0) is 12.3. The van der Waals surface area contributed by atoms with Crippen LogP contribution in [-0.4, -0.2) is 48.5 Å². The molecule has 4 nitrogen and oxygen atoms in total. The lowest BCUT2D eigenvalue weighted by Crippen LogP contribution is -2.28. The molecule has 1 aliphatic heterocycles. The molecule has 0 bridgehead atoms. The Morgan fingerprint density at radius 3 is 2.94 bits per heavy atom. The fraction of sp³-hybridized carbons (Fsp3) is 0.833. The number of nitrogens with zero attached hydrogens (tertiary/aromatic N) is 1. The minimum atomic E-state index is -0.233. The zero-order valence-electron chi connectivity index (χ0n) is 10.2. The number of esters is 1. The SMILES string of the molecule is CSCCOC(=O)C1CC(=O)N(CC2CC2)C1. The van der Waals surface area contributed by atoms with Crippen LogP contribution in [0.1, 0.15) is 19.3 Å². The summed E-state index contributed by atoms with van der Waals surface area (Å²) in [6.07, 6.45) is 4.77. The molecule has 1 amide bonds. The van der Waals surface area contributed by atoms with Gasteiger partial charge in [-0.05, 0) is 25.0 Å². The van der Waals surface area contributed by atoms with Crippen molar-refractivity contribution in [2.75, 3.05) is 31.7 Å². The summed E-state index contributed by atoms with van der Waals surface area (Å²) >= 11 is 1.65. The smallest absolute Gasteiger partial charge is 0.311 e. The number of rotatable bonds is 6. The average molecular weight is 257 g/mol. The van der Waals surface area contributed by atoms with Gasteiger partial charge in [-0.25, -0.2) is 0 Å². The van der Waals surface area contributed by atoms with E-state index in [2.05, 4.69) is 0 Å².